The zero-order chi connectivity index (χ0) is 21.5. The fourth-order valence-corrected chi connectivity index (χ4v) is 5.09. The molecule has 0 radical (unpaired) electrons. The predicted octanol–water partition coefficient (Wildman–Crippen LogP) is 2.18. The van der Waals surface area contributed by atoms with Gasteiger partial charge in [-0.2, -0.15) is 0 Å². The Bertz CT molecular complexity index is 725. The molecule has 160 valence electrons. The number of hydrogen-bond donors (Lipinski definition) is 1. The maximum Gasteiger partial charge on any atom is 0.334 e. The zero-order valence-electron chi connectivity index (χ0n) is 17.3. The first-order valence-electron chi connectivity index (χ1n) is 10.2. The maximum atomic E-state index is 12.2. The van der Waals surface area contributed by atoms with E-state index in [1.165, 1.54) is 6.92 Å². The Morgan fingerprint density at radius 1 is 1.31 bits per heavy atom. The van der Waals surface area contributed by atoms with Crippen molar-refractivity contribution in [2.75, 3.05) is 6.61 Å². The van der Waals surface area contributed by atoms with Crippen LogP contribution < -0.4 is 0 Å². The lowest BCUT2D eigenvalue weighted by molar-refractivity contribution is -0.160. The molecule has 7 nitrogen and oxygen atoms in total. The van der Waals surface area contributed by atoms with Gasteiger partial charge < -0.3 is 19.3 Å². The predicted molar refractivity (Wildman–Crippen MR) is 103 cm³/mol. The largest absolute Gasteiger partial charge is 0.465 e. The number of carbonyl (C=O) groups is 3. The second-order valence-electron chi connectivity index (χ2n) is 8.81. The summed E-state index contributed by atoms with van der Waals surface area (Å²) in [6, 6.07) is 0. The number of rotatable bonds is 5. The van der Waals surface area contributed by atoms with Crippen LogP contribution in [0.4, 0.5) is 0 Å². The van der Waals surface area contributed by atoms with Gasteiger partial charge >= 0.3 is 17.9 Å². The van der Waals surface area contributed by atoms with Crippen LogP contribution >= 0.6 is 0 Å². The number of carbonyl (C=O) groups excluding carboxylic acids is 3. The summed E-state index contributed by atoms with van der Waals surface area (Å²) in [5.41, 5.74) is 1.25. The lowest BCUT2D eigenvalue weighted by Gasteiger charge is -2.30. The van der Waals surface area contributed by atoms with E-state index in [0.29, 0.717) is 18.4 Å². The van der Waals surface area contributed by atoms with Crippen molar-refractivity contribution in [3.8, 4) is 0 Å². The molecule has 29 heavy (non-hydrogen) atoms. The molecular formula is C22H30O7. The van der Waals surface area contributed by atoms with E-state index in [9.17, 15) is 19.5 Å². The van der Waals surface area contributed by atoms with E-state index in [1.807, 2.05) is 13.8 Å². The third kappa shape index (κ3) is 4.10. The van der Waals surface area contributed by atoms with Crippen molar-refractivity contribution >= 4 is 17.9 Å². The molecule has 0 spiro atoms. The zero-order valence-corrected chi connectivity index (χ0v) is 17.3. The molecule has 3 fully saturated rings. The fourth-order valence-electron chi connectivity index (χ4n) is 5.09. The summed E-state index contributed by atoms with van der Waals surface area (Å²) in [6.07, 6.45) is -0.836. The van der Waals surface area contributed by atoms with Crippen molar-refractivity contribution in [1.82, 2.24) is 0 Å². The molecule has 1 aliphatic heterocycles. The standard InChI is InChI=1S/C22H30O7/c1-10(2)8-16(24)27-9-15-18-17(19(25)21(15)28-13(5)23)11(3)6-7-14-12(4)22(26)29-20(14)18/h10,14-15,17-21,25H,3-4,6-9H2,1-2,5H3/t14-,15-,17-,18-,19+,20-,21+/m0/s1. The van der Waals surface area contributed by atoms with Crippen LogP contribution in [0.1, 0.15) is 40.0 Å². The summed E-state index contributed by atoms with van der Waals surface area (Å²) in [5, 5.41) is 11.0. The van der Waals surface area contributed by atoms with E-state index in [4.69, 9.17) is 14.2 Å². The van der Waals surface area contributed by atoms with Gasteiger partial charge in [0.15, 0.2) is 0 Å². The first-order chi connectivity index (χ1) is 13.6. The third-order valence-corrected chi connectivity index (χ3v) is 6.33. The molecule has 1 saturated heterocycles. The topological polar surface area (TPSA) is 99.1 Å². The summed E-state index contributed by atoms with van der Waals surface area (Å²) >= 11 is 0. The third-order valence-electron chi connectivity index (χ3n) is 6.33. The van der Waals surface area contributed by atoms with Gasteiger partial charge in [0.05, 0.1) is 12.7 Å². The highest BCUT2D eigenvalue weighted by atomic mass is 16.6. The Hall–Kier alpha value is -2.15. The molecule has 7 atom stereocenters. The van der Waals surface area contributed by atoms with Crippen molar-refractivity contribution in [2.45, 2.75) is 58.3 Å². The van der Waals surface area contributed by atoms with E-state index in [-0.39, 0.29) is 36.8 Å². The molecule has 0 amide bonds. The maximum absolute atomic E-state index is 12.2. The average molecular weight is 406 g/mol. The molecule has 0 unspecified atom stereocenters. The van der Waals surface area contributed by atoms with Crippen LogP contribution in [0.5, 0.6) is 0 Å². The highest BCUT2D eigenvalue weighted by molar-refractivity contribution is 5.90. The summed E-state index contributed by atoms with van der Waals surface area (Å²) in [6.45, 7) is 13.1. The monoisotopic (exact) mass is 406 g/mol. The Balaban J connectivity index is 1.92. The van der Waals surface area contributed by atoms with Crippen LogP contribution in [-0.4, -0.2) is 47.9 Å². The van der Waals surface area contributed by atoms with Crippen molar-refractivity contribution in [1.29, 1.82) is 0 Å². The molecule has 2 aliphatic carbocycles. The summed E-state index contributed by atoms with van der Waals surface area (Å²) in [7, 11) is 0. The van der Waals surface area contributed by atoms with Gasteiger partial charge in [-0.15, -0.1) is 0 Å². The molecule has 3 rings (SSSR count). The SMILES string of the molecule is C=C1CC[C@H]2C(=C)C(=O)O[C@@H]2[C@H]2[C@H](COC(=O)CC(C)C)[C@@H](OC(C)=O)[C@H](O)[C@@H]12. The van der Waals surface area contributed by atoms with E-state index in [0.717, 1.165) is 5.57 Å². The highest BCUT2D eigenvalue weighted by Gasteiger charge is 2.60. The van der Waals surface area contributed by atoms with E-state index in [1.54, 1.807) is 0 Å². The molecule has 0 aromatic rings. The number of aliphatic hydroxyl groups excluding tert-OH is 1. The first kappa shape index (κ1) is 21.6. The Kier molecular flexibility index (Phi) is 6.17. The molecule has 0 aromatic heterocycles. The van der Waals surface area contributed by atoms with Gasteiger partial charge in [0.1, 0.15) is 12.2 Å². The molecule has 0 bridgehead atoms. The van der Waals surface area contributed by atoms with Crippen molar-refractivity contribution in [2.24, 2.45) is 29.6 Å². The van der Waals surface area contributed by atoms with Gasteiger partial charge in [0, 0.05) is 42.6 Å². The van der Waals surface area contributed by atoms with Crippen molar-refractivity contribution < 1.29 is 33.7 Å². The summed E-state index contributed by atoms with van der Waals surface area (Å²) in [4.78, 5) is 36.0. The average Bonchev–Trinajstić information content (AvgIpc) is 2.98. The number of fused-ring (bicyclic) bond motifs is 3. The minimum atomic E-state index is -1.00. The van der Waals surface area contributed by atoms with Gasteiger partial charge in [-0.1, -0.05) is 32.6 Å². The van der Waals surface area contributed by atoms with Crippen LogP contribution in [0.25, 0.3) is 0 Å². The van der Waals surface area contributed by atoms with E-state index in [2.05, 4.69) is 13.2 Å². The molecule has 2 saturated carbocycles. The Labute approximate surface area is 171 Å². The molecular weight excluding hydrogens is 376 g/mol. The smallest absolute Gasteiger partial charge is 0.334 e. The van der Waals surface area contributed by atoms with Crippen LogP contribution in [0.3, 0.4) is 0 Å². The quantitative estimate of drug-likeness (QED) is 0.323. The summed E-state index contributed by atoms with van der Waals surface area (Å²) in [5.74, 6) is -2.65. The van der Waals surface area contributed by atoms with E-state index >= 15 is 0 Å². The van der Waals surface area contributed by atoms with Gasteiger partial charge in [-0.3, -0.25) is 9.59 Å². The van der Waals surface area contributed by atoms with Crippen LogP contribution in [0, 0.1) is 29.6 Å². The van der Waals surface area contributed by atoms with Crippen LogP contribution in [0.15, 0.2) is 24.3 Å². The first-order valence-corrected chi connectivity index (χ1v) is 10.2. The second kappa shape index (κ2) is 8.30. The Morgan fingerprint density at radius 2 is 2.00 bits per heavy atom. The van der Waals surface area contributed by atoms with Gasteiger partial charge in [0.25, 0.3) is 0 Å². The number of ether oxygens (including phenoxy) is 3. The molecule has 1 heterocycles. The second-order valence-corrected chi connectivity index (χ2v) is 8.81. The van der Waals surface area contributed by atoms with E-state index < -0.39 is 42.1 Å². The minimum absolute atomic E-state index is 0.0255. The minimum Gasteiger partial charge on any atom is -0.465 e. The molecule has 1 N–H and O–H groups in total. The normalized spacial score (nSPS) is 36.3. The lowest BCUT2D eigenvalue weighted by Crippen LogP contribution is -2.38. The van der Waals surface area contributed by atoms with Gasteiger partial charge in [-0.25, -0.2) is 4.79 Å². The van der Waals surface area contributed by atoms with Gasteiger partial charge in [0.2, 0.25) is 0 Å². The number of esters is 3. The fraction of sp³-hybridized carbons (Fsp3) is 0.682. The number of hydrogen-bond acceptors (Lipinski definition) is 7. The Morgan fingerprint density at radius 3 is 2.62 bits per heavy atom. The molecule has 7 heteroatoms. The van der Waals surface area contributed by atoms with Crippen LogP contribution in [-0.2, 0) is 28.6 Å². The van der Waals surface area contributed by atoms with Crippen LogP contribution in [0.2, 0.25) is 0 Å². The number of aliphatic hydroxyl groups is 1. The molecule has 3 aliphatic rings. The van der Waals surface area contributed by atoms with Crippen molar-refractivity contribution in [3.05, 3.63) is 24.3 Å². The van der Waals surface area contributed by atoms with Crippen molar-refractivity contribution in [3.63, 3.8) is 0 Å². The summed E-state index contributed by atoms with van der Waals surface area (Å²) < 4.78 is 16.6. The van der Waals surface area contributed by atoms with Gasteiger partial charge in [-0.05, 0) is 18.8 Å². The lowest BCUT2D eigenvalue weighted by atomic mass is 9.78. The molecule has 0 aromatic carbocycles. The highest BCUT2D eigenvalue weighted by Crippen LogP contribution is 2.53.